The van der Waals surface area contributed by atoms with Crippen molar-refractivity contribution in [3.05, 3.63) is 33.5 Å². The molecule has 0 atom stereocenters. The first kappa shape index (κ1) is 14.8. The molecule has 108 valence electrons. The van der Waals surface area contributed by atoms with Gasteiger partial charge in [0.25, 0.3) is 0 Å². The quantitative estimate of drug-likeness (QED) is 0.882. The van der Waals surface area contributed by atoms with Crippen LogP contribution < -0.4 is 5.32 Å². The number of carboxylic acids is 1. The summed E-state index contributed by atoms with van der Waals surface area (Å²) in [5.74, 6) is -1.21. The molecule has 0 aliphatic carbocycles. The Morgan fingerprint density at radius 2 is 2.15 bits per heavy atom. The molecule has 2 amide bonds. The van der Waals surface area contributed by atoms with E-state index in [-0.39, 0.29) is 24.8 Å². The van der Waals surface area contributed by atoms with Crippen LogP contribution in [0.1, 0.15) is 17.5 Å². The van der Waals surface area contributed by atoms with Gasteiger partial charge in [-0.05, 0) is 29.7 Å². The lowest BCUT2D eigenvalue weighted by Crippen LogP contribution is -2.43. The van der Waals surface area contributed by atoms with Crippen LogP contribution in [-0.2, 0) is 17.8 Å². The molecule has 0 unspecified atom stereocenters. The van der Waals surface area contributed by atoms with E-state index in [1.807, 2.05) is 0 Å². The third kappa shape index (κ3) is 3.27. The second-order valence-electron chi connectivity index (χ2n) is 4.53. The van der Waals surface area contributed by atoms with E-state index < -0.39 is 5.97 Å². The molecule has 0 spiro atoms. The third-order valence-corrected chi connectivity index (χ3v) is 3.94. The SMILES string of the molecule is O=C(O)CCNC(=O)N1CCc2c(F)ccc(Br)c2C1. The van der Waals surface area contributed by atoms with Crippen LogP contribution in [0.5, 0.6) is 0 Å². The molecule has 0 aromatic heterocycles. The van der Waals surface area contributed by atoms with Crippen LogP contribution >= 0.6 is 15.9 Å². The maximum absolute atomic E-state index is 13.7. The van der Waals surface area contributed by atoms with E-state index in [4.69, 9.17) is 5.11 Å². The van der Waals surface area contributed by atoms with Crippen molar-refractivity contribution in [2.45, 2.75) is 19.4 Å². The highest BCUT2D eigenvalue weighted by Crippen LogP contribution is 2.28. The van der Waals surface area contributed by atoms with Gasteiger partial charge in [0.1, 0.15) is 5.82 Å². The van der Waals surface area contributed by atoms with Crippen molar-refractivity contribution in [1.29, 1.82) is 0 Å². The van der Waals surface area contributed by atoms with Gasteiger partial charge in [0.15, 0.2) is 0 Å². The van der Waals surface area contributed by atoms with Crippen LogP contribution in [0.2, 0.25) is 0 Å². The Kier molecular flexibility index (Phi) is 4.59. The van der Waals surface area contributed by atoms with Crippen LogP contribution in [0.4, 0.5) is 9.18 Å². The van der Waals surface area contributed by atoms with Gasteiger partial charge in [0.2, 0.25) is 0 Å². The molecule has 0 saturated carbocycles. The predicted molar refractivity (Wildman–Crippen MR) is 73.9 cm³/mol. The van der Waals surface area contributed by atoms with Gasteiger partial charge in [0, 0.05) is 24.1 Å². The summed E-state index contributed by atoms with van der Waals surface area (Å²) < 4.78 is 14.4. The molecule has 0 fully saturated rings. The number of urea groups is 1. The molecule has 2 rings (SSSR count). The summed E-state index contributed by atoms with van der Waals surface area (Å²) in [4.78, 5) is 23.8. The van der Waals surface area contributed by atoms with Gasteiger partial charge in [-0.25, -0.2) is 9.18 Å². The zero-order valence-corrected chi connectivity index (χ0v) is 12.2. The summed E-state index contributed by atoms with van der Waals surface area (Å²) in [5.41, 5.74) is 1.40. The number of nitrogens with zero attached hydrogens (tertiary/aromatic N) is 1. The fourth-order valence-corrected chi connectivity index (χ4v) is 2.65. The molecule has 7 heteroatoms. The number of carbonyl (C=O) groups excluding carboxylic acids is 1. The average Bonchev–Trinajstić information content (AvgIpc) is 2.42. The first-order valence-corrected chi connectivity index (χ1v) is 6.98. The molecule has 0 bridgehead atoms. The van der Waals surface area contributed by atoms with E-state index in [0.717, 1.165) is 10.0 Å². The van der Waals surface area contributed by atoms with E-state index in [2.05, 4.69) is 21.2 Å². The minimum Gasteiger partial charge on any atom is -0.481 e. The zero-order chi connectivity index (χ0) is 14.7. The van der Waals surface area contributed by atoms with Crippen LogP contribution in [0.15, 0.2) is 16.6 Å². The lowest BCUT2D eigenvalue weighted by molar-refractivity contribution is -0.136. The van der Waals surface area contributed by atoms with Crippen molar-refractivity contribution in [2.24, 2.45) is 0 Å². The maximum Gasteiger partial charge on any atom is 0.317 e. The molecule has 0 radical (unpaired) electrons. The first-order valence-electron chi connectivity index (χ1n) is 6.19. The summed E-state index contributed by atoms with van der Waals surface area (Å²) in [5, 5.41) is 11.1. The van der Waals surface area contributed by atoms with Gasteiger partial charge < -0.3 is 15.3 Å². The summed E-state index contributed by atoms with van der Waals surface area (Å²) in [6.07, 6.45) is 0.335. The molecule has 5 nitrogen and oxygen atoms in total. The number of fused-ring (bicyclic) bond motifs is 1. The van der Waals surface area contributed by atoms with E-state index in [0.29, 0.717) is 25.1 Å². The van der Waals surface area contributed by atoms with E-state index in [1.54, 1.807) is 11.0 Å². The smallest absolute Gasteiger partial charge is 0.317 e. The fraction of sp³-hybridized carbons (Fsp3) is 0.385. The van der Waals surface area contributed by atoms with Crippen LogP contribution in [-0.4, -0.2) is 35.1 Å². The van der Waals surface area contributed by atoms with Crippen molar-refractivity contribution in [3.63, 3.8) is 0 Å². The second kappa shape index (κ2) is 6.21. The topological polar surface area (TPSA) is 69.6 Å². The number of aliphatic carboxylic acids is 1. The lowest BCUT2D eigenvalue weighted by Gasteiger charge is -2.29. The molecule has 1 aliphatic heterocycles. The number of hydrogen-bond donors (Lipinski definition) is 2. The van der Waals surface area contributed by atoms with Gasteiger partial charge in [-0.15, -0.1) is 0 Å². The number of carbonyl (C=O) groups is 2. The maximum atomic E-state index is 13.7. The summed E-state index contributed by atoms with van der Waals surface area (Å²) in [6, 6.07) is 2.71. The third-order valence-electron chi connectivity index (χ3n) is 3.20. The molecule has 20 heavy (non-hydrogen) atoms. The van der Waals surface area contributed by atoms with E-state index in [9.17, 15) is 14.0 Å². The molecule has 0 saturated heterocycles. The Hall–Kier alpha value is -1.63. The minimum atomic E-state index is -0.959. The van der Waals surface area contributed by atoms with Gasteiger partial charge in [-0.1, -0.05) is 15.9 Å². The Balaban J connectivity index is 2.02. The number of hydrogen-bond acceptors (Lipinski definition) is 2. The normalized spacial score (nSPS) is 13.8. The minimum absolute atomic E-state index is 0.0852. The van der Waals surface area contributed by atoms with Gasteiger partial charge in [-0.2, -0.15) is 0 Å². The van der Waals surface area contributed by atoms with Crippen LogP contribution in [0, 0.1) is 5.82 Å². The summed E-state index contributed by atoms with van der Waals surface area (Å²) >= 11 is 3.36. The van der Waals surface area contributed by atoms with Gasteiger partial charge >= 0.3 is 12.0 Å². The van der Waals surface area contributed by atoms with Crippen molar-refractivity contribution < 1.29 is 19.1 Å². The number of benzene rings is 1. The Labute approximate surface area is 123 Å². The monoisotopic (exact) mass is 344 g/mol. The lowest BCUT2D eigenvalue weighted by atomic mass is 9.99. The number of carboxylic acid groups (broad SMARTS) is 1. The Morgan fingerprint density at radius 1 is 1.40 bits per heavy atom. The van der Waals surface area contributed by atoms with Crippen molar-refractivity contribution in [3.8, 4) is 0 Å². The highest BCUT2D eigenvalue weighted by atomic mass is 79.9. The number of rotatable bonds is 3. The number of amides is 2. The summed E-state index contributed by atoms with van der Waals surface area (Å²) in [6.45, 7) is 0.813. The largest absolute Gasteiger partial charge is 0.481 e. The predicted octanol–water partition coefficient (Wildman–Crippen LogP) is 2.13. The molecular weight excluding hydrogens is 331 g/mol. The summed E-state index contributed by atoms with van der Waals surface area (Å²) in [7, 11) is 0. The van der Waals surface area contributed by atoms with Gasteiger partial charge in [0.05, 0.1) is 6.42 Å². The average molecular weight is 345 g/mol. The van der Waals surface area contributed by atoms with E-state index >= 15 is 0 Å². The van der Waals surface area contributed by atoms with Gasteiger partial charge in [-0.3, -0.25) is 4.79 Å². The standard InChI is InChI=1S/C13H14BrFN2O3/c14-10-1-2-11(15)8-4-6-17(7-9(8)10)13(20)16-5-3-12(18)19/h1-2H,3-7H2,(H,16,20)(H,18,19). The van der Waals surface area contributed by atoms with Crippen molar-refractivity contribution in [2.75, 3.05) is 13.1 Å². The van der Waals surface area contributed by atoms with E-state index in [1.165, 1.54) is 6.07 Å². The highest BCUT2D eigenvalue weighted by molar-refractivity contribution is 9.10. The van der Waals surface area contributed by atoms with Crippen LogP contribution in [0.25, 0.3) is 0 Å². The molecular formula is C13H14BrFN2O3. The molecule has 2 N–H and O–H groups in total. The second-order valence-corrected chi connectivity index (χ2v) is 5.39. The Bertz CT molecular complexity index is 551. The first-order chi connectivity index (χ1) is 9.49. The molecule has 1 heterocycles. The molecule has 1 aromatic rings. The number of nitrogens with one attached hydrogen (secondary N) is 1. The molecule has 1 aliphatic rings. The fourth-order valence-electron chi connectivity index (χ4n) is 2.16. The highest BCUT2D eigenvalue weighted by Gasteiger charge is 2.24. The number of halogens is 2. The van der Waals surface area contributed by atoms with Crippen LogP contribution in [0.3, 0.4) is 0 Å². The molecule has 1 aromatic carbocycles. The zero-order valence-electron chi connectivity index (χ0n) is 10.7. The van der Waals surface area contributed by atoms with Crippen molar-refractivity contribution in [1.82, 2.24) is 10.2 Å². The van der Waals surface area contributed by atoms with Crippen molar-refractivity contribution >= 4 is 27.9 Å². The Morgan fingerprint density at radius 3 is 2.85 bits per heavy atom.